The number of nitrogens with zero attached hydrogens (tertiary/aromatic N) is 3. The fourth-order valence-electron chi connectivity index (χ4n) is 2.53. The van der Waals surface area contributed by atoms with Gasteiger partial charge in [0.1, 0.15) is 18.2 Å². The van der Waals surface area contributed by atoms with E-state index in [0.29, 0.717) is 18.3 Å². The SMILES string of the molecule is CCNc1cc(N2CCCC(CO)C2)nc(COC)n1. The highest BCUT2D eigenvalue weighted by Gasteiger charge is 2.21. The van der Waals surface area contributed by atoms with Crippen LogP contribution in [-0.2, 0) is 11.3 Å². The highest BCUT2D eigenvalue weighted by molar-refractivity contribution is 5.49. The van der Waals surface area contributed by atoms with Gasteiger partial charge >= 0.3 is 0 Å². The van der Waals surface area contributed by atoms with Gasteiger partial charge in [-0.3, -0.25) is 0 Å². The van der Waals surface area contributed by atoms with Crippen molar-refractivity contribution in [1.82, 2.24) is 9.97 Å². The van der Waals surface area contributed by atoms with E-state index in [1.165, 1.54) is 0 Å². The molecule has 112 valence electrons. The van der Waals surface area contributed by atoms with Crippen molar-refractivity contribution >= 4 is 11.6 Å². The molecule has 0 saturated carbocycles. The minimum atomic E-state index is 0.243. The van der Waals surface area contributed by atoms with Crippen LogP contribution in [0.15, 0.2) is 6.07 Å². The van der Waals surface area contributed by atoms with Gasteiger partial charge in [0.05, 0.1) is 0 Å². The average Bonchev–Trinajstić information content (AvgIpc) is 2.48. The number of hydrogen-bond donors (Lipinski definition) is 2. The van der Waals surface area contributed by atoms with Crippen molar-refractivity contribution in [3.05, 3.63) is 11.9 Å². The summed E-state index contributed by atoms with van der Waals surface area (Å²) in [6.07, 6.45) is 2.18. The van der Waals surface area contributed by atoms with Crippen molar-refractivity contribution in [2.45, 2.75) is 26.4 Å². The van der Waals surface area contributed by atoms with Crippen LogP contribution in [0.1, 0.15) is 25.6 Å². The van der Waals surface area contributed by atoms with Gasteiger partial charge in [-0.1, -0.05) is 0 Å². The summed E-state index contributed by atoms with van der Waals surface area (Å²) in [5.41, 5.74) is 0. The van der Waals surface area contributed by atoms with Gasteiger partial charge in [-0.2, -0.15) is 0 Å². The van der Waals surface area contributed by atoms with E-state index < -0.39 is 0 Å². The molecular weight excluding hydrogens is 256 g/mol. The van der Waals surface area contributed by atoms with E-state index in [9.17, 15) is 5.11 Å². The zero-order valence-electron chi connectivity index (χ0n) is 12.3. The molecule has 1 saturated heterocycles. The van der Waals surface area contributed by atoms with Crippen molar-refractivity contribution in [3.63, 3.8) is 0 Å². The maximum Gasteiger partial charge on any atom is 0.158 e. The molecule has 0 aliphatic carbocycles. The second-order valence-electron chi connectivity index (χ2n) is 5.13. The number of piperidine rings is 1. The zero-order valence-corrected chi connectivity index (χ0v) is 12.3. The third kappa shape index (κ3) is 3.80. The predicted molar refractivity (Wildman–Crippen MR) is 78.9 cm³/mol. The highest BCUT2D eigenvalue weighted by Crippen LogP contribution is 2.23. The molecule has 1 aliphatic heterocycles. The quantitative estimate of drug-likeness (QED) is 0.817. The van der Waals surface area contributed by atoms with Crippen LogP contribution in [0.4, 0.5) is 11.6 Å². The second kappa shape index (κ2) is 7.40. The summed E-state index contributed by atoms with van der Waals surface area (Å²) >= 11 is 0. The standard InChI is InChI=1S/C14H24N4O2/c1-3-15-12-7-14(17-13(16-12)10-20-2)18-6-4-5-11(8-18)9-19/h7,11,19H,3-6,8-10H2,1-2H3,(H,15,16,17). The van der Waals surface area contributed by atoms with Crippen LogP contribution < -0.4 is 10.2 Å². The van der Waals surface area contributed by atoms with Gasteiger partial charge in [0.2, 0.25) is 0 Å². The van der Waals surface area contributed by atoms with Gasteiger partial charge < -0.3 is 20.1 Å². The topological polar surface area (TPSA) is 70.5 Å². The molecule has 2 N–H and O–H groups in total. The first kappa shape index (κ1) is 15.0. The number of aliphatic hydroxyl groups is 1. The van der Waals surface area contributed by atoms with Crippen molar-refractivity contribution in [1.29, 1.82) is 0 Å². The number of nitrogens with one attached hydrogen (secondary N) is 1. The molecule has 1 atom stereocenters. The van der Waals surface area contributed by atoms with Crippen molar-refractivity contribution in [2.75, 3.05) is 43.6 Å². The van der Waals surface area contributed by atoms with Crippen LogP contribution in [0.2, 0.25) is 0 Å². The van der Waals surface area contributed by atoms with Crippen molar-refractivity contribution in [3.8, 4) is 0 Å². The van der Waals surface area contributed by atoms with Crippen LogP contribution in [-0.4, -0.2) is 48.4 Å². The van der Waals surface area contributed by atoms with Crippen LogP contribution in [0.3, 0.4) is 0 Å². The average molecular weight is 280 g/mol. The van der Waals surface area contributed by atoms with E-state index in [4.69, 9.17) is 4.74 Å². The zero-order chi connectivity index (χ0) is 14.4. The lowest BCUT2D eigenvalue weighted by Crippen LogP contribution is -2.37. The number of ether oxygens (including phenoxy) is 1. The molecule has 0 aromatic carbocycles. The molecule has 1 aromatic rings. The Morgan fingerprint density at radius 3 is 3.05 bits per heavy atom. The lowest BCUT2D eigenvalue weighted by Gasteiger charge is -2.33. The number of hydrogen-bond acceptors (Lipinski definition) is 6. The van der Waals surface area contributed by atoms with E-state index in [-0.39, 0.29) is 6.61 Å². The van der Waals surface area contributed by atoms with Crippen LogP contribution in [0, 0.1) is 5.92 Å². The van der Waals surface area contributed by atoms with Gasteiger partial charge in [-0.15, -0.1) is 0 Å². The number of aliphatic hydroxyl groups excluding tert-OH is 1. The second-order valence-corrected chi connectivity index (χ2v) is 5.13. The van der Waals surface area contributed by atoms with Crippen LogP contribution in [0.25, 0.3) is 0 Å². The Kier molecular flexibility index (Phi) is 5.55. The Hall–Kier alpha value is -1.40. The molecule has 0 amide bonds. The molecule has 1 aromatic heterocycles. The molecule has 0 bridgehead atoms. The van der Waals surface area contributed by atoms with Gasteiger partial charge in [0.15, 0.2) is 5.82 Å². The fourth-order valence-corrected chi connectivity index (χ4v) is 2.53. The number of rotatable bonds is 6. The molecule has 6 heteroatoms. The maximum absolute atomic E-state index is 9.34. The Bertz CT molecular complexity index is 403. The molecule has 1 fully saturated rings. The predicted octanol–water partition coefficient (Wildman–Crippen LogP) is 1.26. The molecule has 1 aliphatic rings. The Morgan fingerprint density at radius 1 is 1.50 bits per heavy atom. The molecular formula is C14H24N4O2. The fraction of sp³-hybridized carbons (Fsp3) is 0.714. The molecule has 2 heterocycles. The molecule has 2 rings (SSSR count). The summed E-state index contributed by atoms with van der Waals surface area (Å²) < 4.78 is 5.13. The molecule has 6 nitrogen and oxygen atoms in total. The minimum absolute atomic E-state index is 0.243. The third-order valence-corrected chi connectivity index (χ3v) is 3.49. The van der Waals surface area contributed by atoms with Gasteiger partial charge in [0.25, 0.3) is 0 Å². The van der Waals surface area contributed by atoms with Crippen molar-refractivity contribution < 1.29 is 9.84 Å². The summed E-state index contributed by atoms with van der Waals surface area (Å²) in [5, 5.41) is 12.6. The van der Waals surface area contributed by atoms with Crippen molar-refractivity contribution in [2.24, 2.45) is 5.92 Å². The summed E-state index contributed by atoms with van der Waals surface area (Å²) in [7, 11) is 1.64. The monoisotopic (exact) mass is 280 g/mol. The van der Waals surface area contributed by atoms with Crippen LogP contribution >= 0.6 is 0 Å². The highest BCUT2D eigenvalue weighted by atomic mass is 16.5. The number of anilines is 2. The molecule has 0 radical (unpaired) electrons. The molecule has 20 heavy (non-hydrogen) atoms. The summed E-state index contributed by atoms with van der Waals surface area (Å²) in [5.74, 6) is 2.77. The van der Waals surface area contributed by atoms with Gasteiger partial charge in [0, 0.05) is 39.4 Å². The Balaban J connectivity index is 2.19. The van der Waals surface area contributed by atoms with E-state index in [0.717, 1.165) is 44.1 Å². The first-order valence-electron chi connectivity index (χ1n) is 7.23. The molecule has 1 unspecified atom stereocenters. The van der Waals surface area contributed by atoms with E-state index in [1.807, 2.05) is 13.0 Å². The largest absolute Gasteiger partial charge is 0.396 e. The summed E-state index contributed by atoms with van der Waals surface area (Å²) in [6, 6.07) is 1.97. The van der Waals surface area contributed by atoms with Crippen LogP contribution in [0.5, 0.6) is 0 Å². The first-order chi connectivity index (χ1) is 9.76. The molecule has 0 spiro atoms. The Labute approximate surface area is 120 Å². The third-order valence-electron chi connectivity index (χ3n) is 3.49. The van der Waals surface area contributed by atoms with E-state index in [2.05, 4.69) is 20.2 Å². The summed E-state index contributed by atoms with van der Waals surface area (Å²) in [6.45, 7) is 5.34. The minimum Gasteiger partial charge on any atom is -0.396 e. The van der Waals surface area contributed by atoms with Gasteiger partial charge in [-0.25, -0.2) is 9.97 Å². The Morgan fingerprint density at radius 2 is 2.35 bits per heavy atom. The maximum atomic E-state index is 9.34. The normalized spacial score (nSPS) is 19.1. The number of aromatic nitrogens is 2. The smallest absolute Gasteiger partial charge is 0.158 e. The van der Waals surface area contributed by atoms with E-state index >= 15 is 0 Å². The number of methoxy groups -OCH3 is 1. The van der Waals surface area contributed by atoms with E-state index in [1.54, 1.807) is 7.11 Å². The van der Waals surface area contributed by atoms with Gasteiger partial charge in [-0.05, 0) is 25.7 Å². The first-order valence-corrected chi connectivity index (χ1v) is 7.23. The lowest BCUT2D eigenvalue weighted by atomic mass is 9.99. The lowest BCUT2D eigenvalue weighted by molar-refractivity contribution is 0.177. The summed E-state index contributed by atoms with van der Waals surface area (Å²) in [4.78, 5) is 11.2.